The van der Waals surface area contributed by atoms with Crippen molar-refractivity contribution in [1.29, 1.82) is 5.26 Å². The highest BCUT2D eigenvalue weighted by Gasteiger charge is 2.25. The zero-order chi connectivity index (χ0) is 19.2. The van der Waals surface area contributed by atoms with Crippen molar-refractivity contribution >= 4 is 23.4 Å². The SMILES string of the molecule is Cc1cnc(Nc2cnn(C)c2)nc1NCC1CCN(C(=O)CCC#N)C1. The van der Waals surface area contributed by atoms with Gasteiger partial charge in [-0.3, -0.25) is 9.48 Å². The van der Waals surface area contributed by atoms with Crippen LogP contribution in [0.2, 0.25) is 0 Å². The maximum atomic E-state index is 12.0. The van der Waals surface area contributed by atoms with Crippen LogP contribution < -0.4 is 10.6 Å². The number of nitrogens with one attached hydrogen (secondary N) is 2. The van der Waals surface area contributed by atoms with Crippen LogP contribution in [0.5, 0.6) is 0 Å². The van der Waals surface area contributed by atoms with Crippen molar-refractivity contribution < 1.29 is 4.79 Å². The number of rotatable bonds is 7. The van der Waals surface area contributed by atoms with Crippen molar-refractivity contribution in [3.63, 3.8) is 0 Å². The second-order valence-electron chi connectivity index (χ2n) is 6.79. The van der Waals surface area contributed by atoms with Gasteiger partial charge in [0.25, 0.3) is 0 Å². The van der Waals surface area contributed by atoms with E-state index in [0.717, 1.165) is 43.1 Å². The van der Waals surface area contributed by atoms with Crippen molar-refractivity contribution in [3.8, 4) is 6.07 Å². The molecule has 1 amide bonds. The predicted molar refractivity (Wildman–Crippen MR) is 101 cm³/mol. The van der Waals surface area contributed by atoms with Gasteiger partial charge in [0.2, 0.25) is 11.9 Å². The van der Waals surface area contributed by atoms with E-state index in [-0.39, 0.29) is 12.3 Å². The molecule has 0 radical (unpaired) electrons. The van der Waals surface area contributed by atoms with Crippen molar-refractivity contribution in [2.24, 2.45) is 13.0 Å². The van der Waals surface area contributed by atoms with Gasteiger partial charge in [0.1, 0.15) is 5.82 Å². The third-order valence-electron chi connectivity index (χ3n) is 4.58. The van der Waals surface area contributed by atoms with Crippen LogP contribution in [-0.2, 0) is 11.8 Å². The highest BCUT2D eigenvalue weighted by atomic mass is 16.2. The molecule has 3 rings (SSSR count). The minimum Gasteiger partial charge on any atom is -0.369 e. The Morgan fingerprint density at radius 2 is 2.30 bits per heavy atom. The van der Waals surface area contributed by atoms with E-state index >= 15 is 0 Å². The maximum absolute atomic E-state index is 12.0. The fourth-order valence-electron chi connectivity index (χ4n) is 3.08. The van der Waals surface area contributed by atoms with E-state index in [1.54, 1.807) is 17.1 Å². The zero-order valence-corrected chi connectivity index (χ0v) is 15.6. The van der Waals surface area contributed by atoms with Crippen LogP contribution in [0, 0.1) is 24.2 Å². The lowest BCUT2D eigenvalue weighted by molar-refractivity contribution is -0.130. The van der Waals surface area contributed by atoms with E-state index in [4.69, 9.17) is 5.26 Å². The molecule has 0 aliphatic carbocycles. The van der Waals surface area contributed by atoms with Crippen LogP contribution >= 0.6 is 0 Å². The molecule has 142 valence electrons. The summed E-state index contributed by atoms with van der Waals surface area (Å²) in [5, 5.41) is 19.2. The number of aryl methyl sites for hydroxylation is 2. The number of nitriles is 1. The highest BCUT2D eigenvalue weighted by Crippen LogP contribution is 2.20. The normalized spacial score (nSPS) is 16.2. The average molecular weight is 368 g/mol. The summed E-state index contributed by atoms with van der Waals surface area (Å²) in [5.41, 5.74) is 1.79. The topological polar surface area (TPSA) is 112 Å². The van der Waals surface area contributed by atoms with Crippen molar-refractivity contribution in [3.05, 3.63) is 24.2 Å². The Labute approximate surface area is 158 Å². The van der Waals surface area contributed by atoms with E-state index < -0.39 is 0 Å². The molecule has 1 aliphatic heterocycles. The Bertz CT molecular complexity index is 840. The zero-order valence-electron chi connectivity index (χ0n) is 15.6. The summed E-state index contributed by atoms with van der Waals surface area (Å²) in [4.78, 5) is 22.7. The molecule has 0 aromatic carbocycles. The van der Waals surface area contributed by atoms with Crippen LogP contribution in [0.3, 0.4) is 0 Å². The number of hydrogen-bond acceptors (Lipinski definition) is 7. The molecule has 0 saturated carbocycles. The fraction of sp³-hybridized carbons (Fsp3) is 0.500. The second-order valence-corrected chi connectivity index (χ2v) is 6.79. The maximum Gasteiger partial charge on any atom is 0.229 e. The number of amides is 1. The summed E-state index contributed by atoms with van der Waals surface area (Å²) >= 11 is 0. The number of carbonyl (C=O) groups excluding carboxylic acids is 1. The first-order chi connectivity index (χ1) is 13.0. The number of nitrogens with zero attached hydrogens (tertiary/aromatic N) is 6. The van der Waals surface area contributed by atoms with Crippen molar-refractivity contribution in [2.45, 2.75) is 26.2 Å². The molecule has 0 spiro atoms. The Morgan fingerprint density at radius 1 is 1.44 bits per heavy atom. The number of likely N-dealkylation sites (tertiary alicyclic amines) is 1. The predicted octanol–water partition coefficient (Wildman–Crippen LogP) is 1.83. The standard InChI is InChI=1S/C18H24N8O/c1-13-8-21-18(23-15-10-22-25(2)12-15)24-17(13)20-9-14-5-7-26(11-14)16(27)4-3-6-19/h8,10,12,14H,3-5,7,9,11H2,1-2H3,(H2,20,21,23,24). The van der Waals surface area contributed by atoms with Crippen molar-refractivity contribution in [1.82, 2.24) is 24.6 Å². The minimum atomic E-state index is 0.0697. The molecule has 1 atom stereocenters. The smallest absolute Gasteiger partial charge is 0.229 e. The Hall–Kier alpha value is -3.15. The van der Waals surface area contributed by atoms with Crippen molar-refractivity contribution in [2.75, 3.05) is 30.3 Å². The summed E-state index contributed by atoms with van der Waals surface area (Å²) in [6, 6.07) is 2.02. The summed E-state index contributed by atoms with van der Waals surface area (Å²) in [6.07, 6.45) is 6.90. The van der Waals surface area contributed by atoms with Crippen LogP contribution in [0.1, 0.15) is 24.8 Å². The molecule has 9 heteroatoms. The summed E-state index contributed by atoms with van der Waals surface area (Å²) in [6.45, 7) is 4.18. The van der Waals surface area contributed by atoms with E-state index in [1.807, 2.05) is 31.1 Å². The first-order valence-corrected chi connectivity index (χ1v) is 9.03. The fourth-order valence-corrected chi connectivity index (χ4v) is 3.08. The van der Waals surface area contributed by atoms with Crippen LogP contribution in [0.25, 0.3) is 0 Å². The Balaban J connectivity index is 1.54. The van der Waals surface area contributed by atoms with Gasteiger partial charge < -0.3 is 15.5 Å². The average Bonchev–Trinajstić information content (AvgIpc) is 3.29. The summed E-state index contributed by atoms with van der Waals surface area (Å²) in [7, 11) is 1.85. The third kappa shape index (κ3) is 4.94. The molecule has 1 aliphatic rings. The van der Waals surface area contributed by atoms with Gasteiger partial charge in [-0.25, -0.2) is 4.98 Å². The summed E-state index contributed by atoms with van der Waals surface area (Å²) < 4.78 is 1.71. The van der Waals surface area contributed by atoms with Gasteiger partial charge >= 0.3 is 0 Å². The van der Waals surface area contributed by atoms with E-state index in [2.05, 4.69) is 25.7 Å². The summed E-state index contributed by atoms with van der Waals surface area (Å²) in [5.74, 6) is 1.74. The molecule has 3 heterocycles. The monoisotopic (exact) mass is 368 g/mol. The lowest BCUT2D eigenvalue weighted by atomic mass is 10.1. The largest absolute Gasteiger partial charge is 0.369 e. The quantitative estimate of drug-likeness (QED) is 0.767. The van der Waals surface area contributed by atoms with E-state index in [1.165, 1.54) is 0 Å². The van der Waals surface area contributed by atoms with Gasteiger partial charge in [-0.2, -0.15) is 15.3 Å². The number of aromatic nitrogens is 4. The molecule has 1 unspecified atom stereocenters. The molecule has 1 fully saturated rings. The molecule has 2 N–H and O–H groups in total. The molecular weight excluding hydrogens is 344 g/mol. The lowest BCUT2D eigenvalue weighted by Gasteiger charge is -2.17. The van der Waals surface area contributed by atoms with Crippen LogP contribution in [0.15, 0.2) is 18.6 Å². The highest BCUT2D eigenvalue weighted by molar-refractivity contribution is 5.76. The van der Waals surface area contributed by atoms with Gasteiger partial charge in [0, 0.05) is 57.5 Å². The second kappa shape index (κ2) is 8.49. The Morgan fingerprint density at radius 3 is 3.04 bits per heavy atom. The molecular formula is C18H24N8O. The molecule has 2 aromatic heterocycles. The molecule has 2 aromatic rings. The van der Waals surface area contributed by atoms with Gasteiger partial charge in [-0.15, -0.1) is 0 Å². The number of carbonyl (C=O) groups is 1. The van der Waals surface area contributed by atoms with E-state index in [9.17, 15) is 4.79 Å². The van der Waals surface area contributed by atoms with Crippen LogP contribution in [0.4, 0.5) is 17.5 Å². The third-order valence-corrected chi connectivity index (χ3v) is 4.58. The minimum absolute atomic E-state index is 0.0697. The first-order valence-electron chi connectivity index (χ1n) is 9.03. The molecule has 1 saturated heterocycles. The molecule has 27 heavy (non-hydrogen) atoms. The first kappa shape index (κ1) is 18.6. The number of anilines is 3. The van der Waals surface area contributed by atoms with Gasteiger partial charge in [0.05, 0.1) is 18.0 Å². The van der Waals surface area contributed by atoms with Gasteiger partial charge in [-0.05, 0) is 19.3 Å². The molecule has 9 nitrogen and oxygen atoms in total. The van der Waals surface area contributed by atoms with E-state index in [0.29, 0.717) is 18.3 Å². The van der Waals surface area contributed by atoms with Gasteiger partial charge in [-0.1, -0.05) is 0 Å². The lowest BCUT2D eigenvalue weighted by Crippen LogP contribution is -2.29. The van der Waals surface area contributed by atoms with Gasteiger partial charge in [0.15, 0.2) is 0 Å². The Kier molecular flexibility index (Phi) is 5.86. The number of hydrogen-bond donors (Lipinski definition) is 2. The van der Waals surface area contributed by atoms with Crippen LogP contribution in [-0.4, -0.2) is 50.2 Å². The molecule has 0 bridgehead atoms.